The minimum Gasteiger partial charge on any atom is -0.399 e. The van der Waals surface area contributed by atoms with Gasteiger partial charge in [0, 0.05) is 5.69 Å². The number of nitrogen functional groups attached to an aromatic ring is 1. The molecule has 0 unspecified atom stereocenters. The molecule has 0 heterocycles. The van der Waals surface area contributed by atoms with E-state index in [1.807, 2.05) is 36.4 Å². The number of fused-ring (bicyclic) bond motifs is 2. The summed E-state index contributed by atoms with van der Waals surface area (Å²) in [6.45, 7) is 3.86. The van der Waals surface area contributed by atoms with Gasteiger partial charge in [-0.3, -0.25) is 0 Å². The molecule has 4 aromatic carbocycles. The van der Waals surface area contributed by atoms with E-state index >= 15 is 0 Å². The summed E-state index contributed by atoms with van der Waals surface area (Å²) in [7, 11) is 0. The van der Waals surface area contributed by atoms with Gasteiger partial charge >= 0.3 is 0 Å². The molecule has 0 atom stereocenters. The summed E-state index contributed by atoms with van der Waals surface area (Å²) in [6.07, 6.45) is 1.91. The Morgan fingerprint density at radius 2 is 1.26 bits per heavy atom. The summed E-state index contributed by atoms with van der Waals surface area (Å²) in [5, 5.41) is 5.12. The third kappa shape index (κ3) is 3.41. The van der Waals surface area contributed by atoms with Crippen molar-refractivity contribution in [1.29, 1.82) is 0 Å². The molecule has 0 aliphatic carbocycles. The molecule has 1 nitrogen and oxygen atoms in total. The first-order valence-electron chi connectivity index (χ1n) is 7.62. The Labute approximate surface area is 136 Å². The van der Waals surface area contributed by atoms with Gasteiger partial charge < -0.3 is 5.73 Å². The van der Waals surface area contributed by atoms with Crippen molar-refractivity contribution in [2.75, 3.05) is 5.73 Å². The van der Waals surface area contributed by atoms with E-state index in [9.17, 15) is 0 Å². The van der Waals surface area contributed by atoms with Crippen molar-refractivity contribution in [2.45, 2.75) is 0 Å². The third-order valence-corrected chi connectivity index (χ3v) is 3.80. The maximum Gasteiger partial charge on any atom is 0.0313 e. The zero-order valence-corrected chi connectivity index (χ0v) is 12.9. The van der Waals surface area contributed by atoms with Crippen LogP contribution in [0.1, 0.15) is 5.56 Å². The maximum absolute atomic E-state index is 5.36. The molecular formula is C22H19N. The molecule has 1 heteroatoms. The lowest BCUT2D eigenvalue weighted by Gasteiger charge is -2.04. The number of para-hydroxylation sites is 1. The van der Waals surface area contributed by atoms with E-state index in [0.29, 0.717) is 0 Å². The molecular weight excluding hydrogens is 278 g/mol. The van der Waals surface area contributed by atoms with Crippen molar-refractivity contribution in [2.24, 2.45) is 0 Å². The Kier molecular flexibility index (Phi) is 4.39. The Morgan fingerprint density at radius 3 is 1.87 bits per heavy atom. The molecule has 0 bridgehead atoms. The van der Waals surface area contributed by atoms with Gasteiger partial charge in [-0.1, -0.05) is 73.3 Å². The topological polar surface area (TPSA) is 26.0 Å². The molecule has 0 amide bonds. The predicted octanol–water partition coefficient (Wildman–Crippen LogP) is 5.90. The first kappa shape index (κ1) is 14.9. The molecule has 0 aliphatic rings. The smallest absolute Gasteiger partial charge is 0.0313 e. The molecule has 0 saturated carbocycles. The molecule has 0 fully saturated rings. The first-order chi connectivity index (χ1) is 11.3. The number of benzene rings is 4. The van der Waals surface area contributed by atoms with Gasteiger partial charge in [-0.05, 0) is 51.4 Å². The van der Waals surface area contributed by atoms with Gasteiger partial charge in [-0.25, -0.2) is 0 Å². The van der Waals surface area contributed by atoms with Crippen LogP contribution in [0.2, 0.25) is 0 Å². The maximum atomic E-state index is 5.36. The first-order valence-corrected chi connectivity index (χ1v) is 7.62. The van der Waals surface area contributed by atoms with Crippen molar-refractivity contribution in [1.82, 2.24) is 0 Å². The van der Waals surface area contributed by atoms with Crippen LogP contribution in [0.25, 0.3) is 27.6 Å². The van der Waals surface area contributed by atoms with E-state index in [1.54, 1.807) is 0 Å². The fourth-order valence-electron chi connectivity index (χ4n) is 2.62. The number of nitrogens with two attached hydrogens (primary N) is 1. The van der Waals surface area contributed by atoms with Crippen LogP contribution >= 0.6 is 0 Å². The Balaban J connectivity index is 0.000000188. The second-order valence-electron chi connectivity index (χ2n) is 5.38. The van der Waals surface area contributed by atoms with E-state index in [2.05, 4.69) is 61.2 Å². The average molecular weight is 297 g/mol. The predicted molar refractivity (Wildman–Crippen MR) is 102 cm³/mol. The summed E-state index contributed by atoms with van der Waals surface area (Å²) >= 11 is 0. The summed E-state index contributed by atoms with van der Waals surface area (Å²) < 4.78 is 0. The SMILES string of the molecule is C=Cc1cccc2cc3ccccc3cc12.Nc1ccccc1. The summed E-state index contributed by atoms with van der Waals surface area (Å²) in [6, 6.07) is 28.7. The molecule has 2 N–H and O–H groups in total. The van der Waals surface area contributed by atoms with Crippen LogP contribution in [0.3, 0.4) is 0 Å². The van der Waals surface area contributed by atoms with Crippen molar-refractivity contribution in [3.05, 3.63) is 97.1 Å². The average Bonchev–Trinajstić information content (AvgIpc) is 2.60. The van der Waals surface area contributed by atoms with Crippen molar-refractivity contribution in [3.63, 3.8) is 0 Å². The second-order valence-corrected chi connectivity index (χ2v) is 5.38. The molecule has 23 heavy (non-hydrogen) atoms. The van der Waals surface area contributed by atoms with Gasteiger partial charge in [0.05, 0.1) is 0 Å². The van der Waals surface area contributed by atoms with Crippen LogP contribution in [0, 0.1) is 0 Å². The Hall–Kier alpha value is -3.06. The molecule has 0 aliphatic heterocycles. The summed E-state index contributed by atoms with van der Waals surface area (Å²) in [5.41, 5.74) is 7.38. The number of hydrogen-bond donors (Lipinski definition) is 1. The lowest BCUT2D eigenvalue weighted by molar-refractivity contribution is 1.69. The fourth-order valence-corrected chi connectivity index (χ4v) is 2.62. The van der Waals surface area contributed by atoms with Crippen LogP contribution in [-0.2, 0) is 0 Å². The fraction of sp³-hybridized carbons (Fsp3) is 0. The highest BCUT2D eigenvalue weighted by molar-refractivity contribution is 6.01. The molecule has 4 aromatic rings. The van der Waals surface area contributed by atoms with Crippen LogP contribution in [0.5, 0.6) is 0 Å². The lowest BCUT2D eigenvalue weighted by atomic mass is 10.00. The minimum absolute atomic E-state index is 0.822. The monoisotopic (exact) mass is 297 g/mol. The Bertz CT molecular complexity index is 940. The number of anilines is 1. The molecule has 0 radical (unpaired) electrons. The van der Waals surface area contributed by atoms with Crippen molar-refractivity contribution < 1.29 is 0 Å². The zero-order valence-electron chi connectivity index (χ0n) is 12.9. The van der Waals surface area contributed by atoms with Crippen LogP contribution < -0.4 is 5.73 Å². The minimum atomic E-state index is 0.822. The van der Waals surface area contributed by atoms with Crippen LogP contribution in [0.4, 0.5) is 5.69 Å². The zero-order chi connectivity index (χ0) is 16.1. The van der Waals surface area contributed by atoms with Gasteiger partial charge in [0.25, 0.3) is 0 Å². The van der Waals surface area contributed by atoms with Crippen molar-refractivity contribution in [3.8, 4) is 0 Å². The van der Waals surface area contributed by atoms with Gasteiger partial charge in [0.2, 0.25) is 0 Å². The van der Waals surface area contributed by atoms with E-state index in [0.717, 1.165) is 5.69 Å². The van der Waals surface area contributed by atoms with Gasteiger partial charge in [-0.2, -0.15) is 0 Å². The Morgan fingerprint density at radius 1 is 0.652 bits per heavy atom. The van der Waals surface area contributed by atoms with Gasteiger partial charge in [-0.15, -0.1) is 0 Å². The molecule has 0 saturated heterocycles. The number of hydrogen-bond acceptors (Lipinski definition) is 1. The lowest BCUT2D eigenvalue weighted by Crippen LogP contribution is -1.79. The molecule has 0 aromatic heterocycles. The highest BCUT2D eigenvalue weighted by atomic mass is 14.5. The third-order valence-electron chi connectivity index (χ3n) is 3.80. The van der Waals surface area contributed by atoms with Gasteiger partial charge in [0.1, 0.15) is 0 Å². The standard InChI is InChI=1S/C16H12.C6H7N/c1-2-12-8-5-9-15-10-13-6-3-4-7-14(13)11-16(12)15;7-6-4-2-1-3-5-6/h2-11H,1H2;1-5H,7H2. The highest BCUT2D eigenvalue weighted by Crippen LogP contribution is 2.25. The van der Waals surface area contributed by atoms with E-state index in [-0.39, 0.29) is 0 Å². The second kappa shape index (κ2) is 6.80. The largest absolute Gasteiger partial charge is 0.399 e. The highest BCUT2D eigenvalue weighted by Gasteiger charge is 1.99. The summed E-state index contributed by atoms with van der Waals surface area (Å²) in [4.78, 5) is 0. The van der Waals surface area contributed by atoms with Crippen LogP contribution in [0.15, 0.2) is 91.5 Å². The summed E-state index contributed by atoms with van der Waals surface area (Å²) in [5.74, 6) is 0. The van der Waals surface area contributed by atoms with Gasteiger partial charge in [0.15, 0.2) is 0 Å². The normalized spacial score (nSPS) is 10.1. The van der Waals surface area contributed by atoms with E-state index in [4.69, 9.17) is 5.73 Å². The molecule has 112 valence electrons. The molecule has 4 rings (SSSR count). The quantitative estimate of drug-likeness (QED) is 0.343. The van der Waals surface area contributed by atoms with E-state index in [1.165, 1.54) is 27.1 Å². The van der Waals surface area contributed by atoms with Crippen LogP contribution in [-0.4, -0.2) is 0 Å². The van der Waals surface area contributed by atoms with E-state index < -0.39 is 0 Å². The van der Waals surface area contributed by atoms with Crippen molar-refractivity contribution >= 4 is 33.3 Å². The molecule has 0 spiro atoms. The number of rotatable bonds is 1.